The zero-order chi connectivity index (χ0) is 15.6. The summed E-state index contributed by atoms with van der Waals surface area (Å²) in [5, 5.41) is 9.30. The van der Waals surface area contributed by atoms with Crippen molar-refractivity contribution in [2.75, 3.05) is 6.61 Å². The van der Waals surface area contributed by atoms with Crippen LogP contribution in [0.3, 0.4) is 0 Å². The lowest BCUT2D eigenvalue weighted by Gasteiger charge is -2.22. The molecule has 0 amide bonds. The van der Waals surface area contributed by atoms with Crippen LogP contribution in [-0.4, -0.2) is 17.8 Å². The first kappa shape index (κ1) is 17.3. The molecule has 1 aromatic rings. The van der Waals surface area contributed by atoms with Crippen molar-refractivity contribution in [3.63, 3.8) is 0 Å². The molecule has 0 aliphatic heterocycles. The van der Waals surface area contributed by atoms with E-state index in [9.17, 15) is 5.11 Å². The summed E-state index contributed by atoms with van der Waals surface area (Å²) in [4.78, 5) is 0. The summed E-state index contributed by atoms with van der Waals surface area (Å²) in [6, 6.07) is 7.63. The second-order valence-electron chi connectivity index (χ2n) is 6.96. The van der Waals surface area contributed by atoms with Crippen LogP contribution in [0.1, 0.15) is 70.3 Å². The van der Waals surface area contributed by atoms with Gasteiger partial charge in [-0.15, -0.1) is 0 Å². The first-order chi connectivity index (χ1) is 10.7. The summed E-state index contributed by atoms with van der Waals surface area (Å²) in [6.07, 6.45) is 13.4. The molecule has 1 atom stereocenters. The minimum absolute atomic E-state index is 0.356. The Balaban J connectivity index is 1.48. The van der Waals surface area contributed by atoms with E-state index in [-0.39, 0.29) is 0 Å². The van der Waals surface area contributed by atoms with Crippen LogP contribution < -0.4 is 0 Å². The molecule has 0 aromatic heterocycles. The number of phenolic OH excluding ortho intramolecular Hbond substituents is 1. The van der Waals surface area contributed by atoms with Crippen LogP contribution in [0.5, 0.6) is 5.75 Å². The van der Waals surface area contributed by atoms with Crippen molar-refractivity contribution >= 4 is 0 Å². The lowest BCUT2D eigenvalue weighted by molar-refractivity contribution is 0.0262. The topological polar surface area (TPSA) is 29.5 Å². The second kappa shape index (κ2) is 9.89. The lowest BCUT2D eigenvalue weighted by Crippen LogP contribution is -2.17. The van der Waals surface area contributed by atoms with Crippen molar-refractivity contribution < 1.29 is 9.84 Å². The van der Waals surface area contributed by atoms with Crippen molar-refractivity contribution in [1.29, 1.82) is 0 Å². The van der Waals surface area contributed by atoms with Crippen LogP contribution in [0.4, 0.5) is 0 Å². The number of unbranched alkanes of at least 4 members (excludes halogenated alkanes) is 2. The zero-order valence-electron chi connectivity index (χ0n) is 14.1. The maximum absolute atomic E-state index is 9.30. The van der Waals surface area contributed by atoms with Crippen LogP contribution in [0.15, 0.2) is 24.3 Å². The van der Waals surface area contributed by atoms with Crippen molar-refractivity contribution in [2.45, 2.75) is 77.2 Å². The summed E-state index contributed by atoms with van der Waals surface area (Å²) in [5.41, 5.74) is 1.32. The molecule has 124 valence electrons. The summed E-state index contributed by atoms with van der Waals surface area (Å²) in [5.74, 6) is 1.07. The van der Waals surface area contributed by atoms with Crippen LogP contribution in [0.2, 0.25) is 0 Å². The maximum atomic E-state index is 9.30. The fourth-order valence-corrected chi connectivity index (χ4v) is 3.39. The number of benzene rings is 1. The van der Waals surface area contributed by atoms with Crippen molar-refractivity contribution in [2.24, 2.45) is 5.92 Å². The molecule has 2 nitrogen and oxygen atoms in total. The predicted octanol–water partition coefficient (Wildman–Crippen LogP) is 5.48. The molecule has 2 heteroatoms. The smallest absolute Gasteiger partial charge is 0.115 e. The van der Waals surface area contributed by atoms with Gasteiger partial charge in [-0.2, -0.15) is 0 Å². The highest BCUT2D eigenvalue weighted by Gasteiger charge is 2.13. The molecular weight excluding hydrogens is 272 g/mol. The fraction of sp³-hybridized carbons (Fsp3) is 0.700. The van der Waals surface area contributed by atoms with Crippen molar-refractivity contribution in [3.05, 3.63) is 29.8 Å². The average Bonchev–Trinajstić information content (AvgIpc) is 2.54. The largest absolute Gasteiger partial charge is 0.508 e. The highest BCUT2D eigenvalue weighted by atomic mass is 16.5. The summed E-state index contributed by atoms with van der Waals surface area (Å²) < 4.78 is 5.97. The van der Waals surface area contributed by atoms with Crippen LogP contribution in [0, 0.1) is 5.92 Å². The Morgan fingerprint density at radius 1 is 1.05 bits per heavy atom. The number of hydrogen-bond donors (Lipinski definition) is 1. The van der Waals surface area contributed by atoms with Gasteiger partial charge in [-0.1, -0.05) is 57.6 Å². The minimum Gasteiger partial charge on any atom is -0.508 e. The Morgan fingerprint density at radius 3 is 2.50 bits per heavy atom. The maximum Gasteiger partial charge on any atom is 0.115 e. The predicted molar refractivity (Wildman–Crippen MR) is 92.3 cm³/mol. The molecule has 0 saturated heterocycles. The highest BCUT2D eigenvalue weighted by molar-refractivity contribution is 5.26. The Labute approximate surface area is 135 Å². The van der Waals surface area contributed by atoms with E-state index in [1.165, 1.54) is 63.4 Å². The number of phenols is 1. The van der Waals surface area contributed by atoms with Crippen LogP contribution >= 0.6 is 0 Å². The molecule has 1 unspecified atom stereocenters. The molecule has 0 bridgehead atoms. The van der Waals surface area contributed by atoms with E-state index in [1.54, 1.807) is 12.1 Å². The zero-order valence-corrected chi connectivity index (χ0v) is 14.1. The molecule has 2 rings (SSSR count). The van der Waals surface area contributed by atoms with Gasteiger partial charge in [0, 0.05) is 6.61 Å². The van der Waals surface area contributed by atoms with Gasteiger partial charge in [0.15, 0.2) is 0 Å². The van der Waals surface area contributed by atoms with Gasteiger partial charge in [0.25, 0.3) is 0 Å². The number of hydrogen-bond acceptors (Lipinski definition) is 2. The molecular formula is C20H32O2. The van der Waals surface area contributed by atoms with E-state index < -0.39 is 0 Å². The third-order valence-electron chi connectivity index (χ3n) is 4.77. The number of rotatable bonds is 9. The van der Waals surface area contributed by atoms with Crippen molar-refractivity contribution in [3.8, 4) is 5.75 Å². The Kier molecular flexibility index (Phi) is 7.79. The Hall–Kier alpha value is -1.02. The summed E-state index contributed by atoms with van der Waals surface area (Å²) >= 11 is 0. The van der Waals surface area contributed by atoms with Gasteiger partial charge in [-0.25, -0.2) is 0 Å². The van der Waals surface area contributed by atoms with Gasteiger partial charge in [0.05, 0.1) is 6.10 Å². The quantitative estimate of drug-likeness (QED) is 0.612. The minimum atomic E-state index is 0.356. The molecule has 1 fully saturated rings. The molecule has 22 heavy (non-hydrogen) atoms. The van der Waals surface area contributed by atoms with Crippen LogP contribution in [0.25, 0.3) is 0 Å². The van der Waals surface area contributed by atoms with Gasteiger partial charge in [-0.3, -0.25) is 0 Å². The van der Waals surface area contributed by atoms with Gasteiger partial charge in [0.2, 0.25) is 0 Å². The van der Waals surface area contributed by atoms with E-state index in [0.29, 0.717) is 17.8 Å². The number of aromatic hydroxyl groups is 1. The first-order valence-corrected chi connectivity index (χ1v) is 9.13. The molecule has 1 aliphatic rings. The molecule has 1 aliphatic carbocycles. The van der Waals surface area contributed by atoms with Gasteiger partial charge < -0.3 is 9.84 Å². The summed E-state index contributed by atoms with van der Waals surface area (Å²) in [6.45, 7) is 3.28. The van der Waals surface area contributed by atoms with Gasteiger partial charge in [0.1, 0.15) is 5.75 Å². The standard InChI is InChI=1S/C20H32O2/c1-17(16-18-11-13-19(21)14-12-18)8-4-3-7-15-22-20-9-5-2-6-10-20/h11-14,17,20-21H,2-10,15-16H2,1H3. The van der Waals surface area contributed by atoms with E-state index in [4.69, 9.17) is 4.74 Å². The lowest BCUT2D eigenvalue weighted by atomic mass is 9.95. The monoisotopic (exact) mass is 304 g/mol. The normalized spacial score (nSPS) is 17.5. The van der Waals surface area contributed by atoms with E-state index in [2.05, 4.69) is 6.92 Å². The third kappa shape index (κ3) is 6.83. The molecule has 1 aromatic carbocycles. The first-order valence-electron chi connectivity index (χ1n) is 9.13. The van der Waals surface area contributed by atoms with Gasteiger partial charge >= 0.3 is 0 Å². The SMILES string of the molecule is CC(CCCCCOC1CCCCC1)Cc1ccc(O)cc1. The third-order valence-corrected chi connectivity index (χ3v) is 4.77. The Bertz CT molecular complexity index is 393. The second-order valence-corrected chi connectivity index (χ2v) is 6.96. The molecule has 1 N–H and O–H groups in total. The van der Waals surface area contributed by atoms with E-state index in [1.807, 2.05) is 12.1 Å². The molecule has 0 radical (unpaired) electrons. The fourth-order valence-electron chi connectivity index (χ4n) is 3.39. The van der Waals surface area contributed by atoms with Crippen molar-refractivity contribution in [1.82, 2.24) is 0 Å². The van der Waals surface area contributed by atoms with E-state index in [0.717, 1.165) is 13.0 Å². The average molecular weight is 304 g/mol. The number of ether oxygens (including phenoxy) is 1. The molecule has 1 saturated carbocycles. The van der Waals surface area contributed by atoms with Gasteiger partial charge in [-0.05, 0) is 49.3 Å². The highest BCUT2D eigenvalue weighted by Crippen LogP contribution is 2.21. The molecule has 0 heterocycles. The molecule has 0 spiro atoms. The summed E-state index contributed by atoms with van der Waals surface area (Å²) in [7, 11) is 0. The van der Waals surface area contributed by atoms with Crippen LogP contribution in [-0.2, 0) is 11.2 Å². The Morgan fingerprint density at radius 2 is 1.77 bits per heavy atom. The van der Waals surface area contributed by atoms with E-state index >= 15 is 0 Å².